The lowest BCUT2D eigenvalue weighted by Gasteiger charge is -2.25. The molecule has 6 nitrogen and oxygen atoms in total. The molecule has 1 aliphatic rings. The Morgan fingerprint density at radius 3 is 1.97 bits per heavy atom. The largest absolute Gasteiger partial charge is 0.490 e. The fraction of sp³-hybridized carbons (Fsp3) is 0.214. The normalized spacial score (nSPS) is 13.4. The van der Waals surface area contributed by atoms with Crippen LogP contribution in [0.3, 0.4) is 0 Å². The number of carbonyl (C=O) groups is 2. The van der Waals surface area contributed by atoms with Crippen molar-refractivity contribution in [3.63, 3.8) is 0 Å². The van der Waals surface area contributed by atoms with E-state index < -0.39 is 0 Å². The molecule has 3 aromatic rings. The average Bonchev–Trinajstić information content (AvgIpc) is 3.12. The van der Waals surface area contributed by atoms with Gasteiger partial charge in [-0.1, -0.05) is 48.5 Å². The summed E-state index contributed by atoms with van der Waals surface area (Å²) in [6, 6.07) is 24.1. The van der Waals surface area contributed by atoms with Gasteiger partial charge in [0.15, 0.2) is 11.5 Å². The van der Waals surface area contributed by atoms with E-state index in [2.05, 4.69) is 0 Å². The van der Waals surface area contributed by atoms with Gasteiger partial charge in [-0.15, -0.1) is 0 Å². The zero-order chi connectivity index (χ0) is 24.1. The molecular weight excluding hydrogens is 428 g/mol. The van der Waals surface area contributed by atoms with Crippen LogP contribution >= 0.6 is 0 Å². The Kier molecular flexibility index (Phi) is 6.97. The number of rotatable bonds is 9. The first kappa shape index (κ1) is 23.1. The lowest BCUT2D eigenvalue weighted by molar-refractivity contribution is -0.120. The van der Waals surface area contributed by atoms with Crippen molar-refractivity contribution in [2.24, 2.45) is 0 Å². The van der Waals surface area contributed by atoms with Crippen molar-refractivity contribution in [2.45, 2.75) is 20.8 Å². The van der Waals surface area contributed by atoms with Crippen molar-refractivity contribution < 1.29 is 19.1 Å². The van der Waals surface area contributed by atoms with E-state index in [0.29, 0.717) is 53.8 Å². The van der Waals surface area contributed by atoms with E-state index >= 15 is 0 Å². The number of ether oxygens (including phenoxy) is 2. The van der Waals surface area contributed by atoms with E-state index in [4.69, 9.17) is 9.47 Å². The maximum atomic E-state index is 13.9. The van der Waals surface area contributed by atoms with Crippen molar-refractivity contribution in [1.29, 1.82) is 0 Å². The molecule has 0 aliphatic carbocycles. The summed E-state index contributed by atoms with van der Waals surface area (Å²) >= 11 is 0. The van der Waals surface area contributed by atoms with Crippen molar-refractivity contribution in [3.8, 4) is 11.5 Å². The van der Waals surface area contributed by atoms with E-state index in [1.807, 2.05) is 86.3 Å². The third kappa shape index (κ3) is 4.27. The monoisotopic (exact) mass is 456 g/mol. The third-order valence-electron chi connectivity index (χ3n) is 5.56. The first-order chi connectivity index (χ1) is 16.6. The molecule has 2 amide bonds. The summed E-state index contributed by atoms with van der Waals surface area (Å²) in [5.74, 6) is 0.323. The lowest BCUT2D eigenvalue weighted by Crippen LogP contribution is -2.35. The molecular formula is C28H28N2O4. The van der Waals surface area contributed by atoms with E-state index in [1.165, 1.54) is 4.90 Å². The molecule has 0 saturated carbocycles. The summed E-state index contributed by atoms with van der Waals surface area (Å²) in [5, 5.41) is 0. The number of imide groups is 1. The SMILES string of the molecule is CCOc1ccc(N2C(=O)C(c3ccccc3)=C(N(CC)c3ccccc3)C2=O)cc1OCC. The molecule has 4 rings (SSSR count). The van der Waals surface area contributed by atoms with Crippen LogP contribution in [0.2, 0.25) is 0 Å². The Morgan fingerprint density at radius 2 is 1.35 bits per heavy atom. The number of amides is 2. The van der Waals surface area contributed by atoms with Crippen LogP contribution in [0, 0.1) is 0 Å². The Hall–Kier alpha value is -4.06. The molecule has 1 heterocycles. The van der Waals surface area contributed by atoms with Crippen LogP contribution in [-0.4, -0.2) is 31.6 Å². The van der Waals surface area contributed by atoms with Gasteiger partial charge in [0.1, 0.15) is 5.70 Å². The molecule has 34 heavy (non-hydrogen) atoms. The predicted molar refractivity (Wildman–Crippen MR) is 134 cm³/mol. The van der Waals surface area contributed by atoms with E-state index in [0.717, 1.165) is 5.69 Å². The van der Waals surface area contributed by atoms with Crippen LogP contribution < -0.4 is 19.3 Å². The van der Waals surface area contributed by atoms with Crippen LogP contribution in [0.15, 0.2) is 84.6 Å². The second-order valence-corrected chi connectivity index (χ2v) is 7.61. The predicted octanol–water partition coefficient (Wildman–Crippen LogP) is 5.30. The van der Waals surface area contributed by atoms with Crippen molar-refractivity contribution in [3.05, 3.63) is 90.1 Å². The van der Waals surface area contributed by atoms with Crippen molar-refractivity contribution in [1.82, 2.24) is 0 Å². The van der Waals surface area contributed by atoms with Crippen molar-refractivity contribution >= 4 is 28.8 Å². The summed E-state index contributed by atoms with van der Waals surface area (Å²) in [7, 11) is 0. The second-order valence-electron chi connectivity index (χ2n) is 7.61. The third-order valence-corrected chi connectivity index (χ3v) is 5.56. The quantitative estimate of drug-likeness (QED) is 0.409. The molecule has 174 valence electrons. The minimum Gasteiger partial charge on any atom is -0.490 e. The standard InChI is InChI=1S/C28H28N2O4/c1-4-29(21-15-11-8-12-16-21)26-25(20-13-9-7-10-14-20)27(31)30(28(26)32)22-17-18-23(33-5-2)24(19-22)34-6-3/h7-19H,4-6H2,1-3H3. The number of likely N-dealkylation sites (N-methyl/N-ethyl adjacent to an activating group) is 1. The van der Waals surface area contributed by atoms with Gasteiger partial charge < -0.3 is 14.4 Å². The Labute approximate surface area is 200 Å². The minimum absolute atomic E-state index is 0.358. The molecule has 0 fully saturated rings. The van der Waals surface area contributed by atoms with E-state index in [1.54, 1.807) is 18.2 Å². The van der Waals surface area contributed by atoms with Crippen molar-refractivity contribution in [2.75, 3.05) is 29.6 Å². The number of carbonyl (C=O) groups excluding carboxylic acids is 2. The van der Waals surface area contributed by atoms with Crippen LogP contribution in [0.4, 0.5) is 11.4 Å². The Morgan fingerprint density at radius 1 is 0.735 bits per heavy atom. The van der Waals surface area contributed by atoms with Gasteiger partial charge in [0.05, 0.1) is 24.5 Å². The number of hydrogen-bond acceptors (Lipinski definition) is 5. The number of nitrogens with zero attached hydrogens (tertiary/aromatic N) is 2. The topological polar surface area (TPSA) is 59.1 Å². The fourth-order valence-electron chi connectivity index (χ4n) is 4.12. The highest BCUT2D eigenvalue weighted by Crippen LogP contribution is 2.39. The van der Waals surface area contributed by atoms with Gasteiger partial charge in [-0.25, -0.2) is 4.90 Å². The number of benzene rings is 3. The average molecular weight is 457 g/mol. The minimum atomic E-state index is -0.374. The maximum absolute atomic E-state index is 13.9. The highest BCUT2D eigenvalue weighted by atomic mass is 16.5. The zero-order valence-corrected chi connectivity index (χ0v) is 19.7. The molecule has 0 N–H and O–H groups in total. The van der Waals surface area contributed by atoms with Crippen LogP contribution in [-0.2, 0) is 9.59 Å². The number of hydrogen-bond donors (Lipinski definition) is 0. The molecule has 0 spiro atoms. The van der Waals surface area contributed by atoms with Crippen LogP contribution in [0.25, 0.3) is 5.57 Å². The van der Waals surface area contributed by atoms with Gasteiger partial charge in [-0.2, -0.15) is 0 Å². The van der Waals surface area contributed by atoms with E-state index in [-0.39, 0.29) is 11.8 Å². The fourth-order valence-corrected chi connectivity index (χ4v) is 4.12. The maximum Gasteiger partial charge on any atom is 0.282 e. The molecule has 0 aromatic heterocycles. The van der Waals surface area contributed by atoms with Gasteiger partial charge >= 0.3 is 0 Å². The summed E-state index contributed by atoms with van der Waals surface area (Å²) in [5.41, 5.74) is 2.72. The van der Waals surface area contributed by atoms with Gasteiger partial charge in [0.25, 0.3) is 11.8 Å². The smallest absolute Gasteiger partial charge is 0.282 e. The molecule has 3 aromatic carbocycles. The molecule has 1 aliphatic heterocycles. The Balaban J connectivity index is 1.85. The highest BCUT2D eigenvalue weighted by molar-refractivity contribution is 6.46. The summed E-state index contributed by atoms with van der Waals surface area (Å²) in [6.45, 7) is 7.17. The Bertz CT molecular complexity index is 1210. The summed E-state index contributed by atoms with van der Waals surface area (Å²) < 4.78 is 11.4. The number of anilines is 2. The molecule has 0 bridgehead atoms. The zero-order valence-electron chi connectivity index (χ0n) is 19.7. The molecule has 0 atom stereocenters. The summed E-state index contributed by atoms with van der Waals surface area (Å²) in [6.07, 6.45) is 0. The molecule has 0 radical (unpaired) electrons. The van der Waals surface area contributed by atoms with E-state index in [9.17, 15) is 9.59 Å². The lowest BCUT2D eigenvalue weighted by atomic mass is 10.0. The first-order valence-corrected chi connectivity index (χ1v) is 11.5. The molecule has 0 unspecified atom stereocenters. The van der Waals surface area contributed by atoms with Gasteiger partial charge in [-0.05, 0) is 50.6 Å². The van der Waals surface area contributed by atoms with Gasteiger partial charge in [0, 0.05) is 18.3 Å². The van der Waals surface area contributed by atoms with Crippen LogP contribution in [0.1, 0.15) is 26.3 Å². The van der Waals surface area contributed by atoms with Gasteiger partial charge in [-0.3, -0.25) is 9.59 Å². The number of para-hydroxylation sites is 1. The first-order valence-electron chi connectivity index (χ1n) is 11.5. The highest BCUT2D eigenvalue weighted by Gasteiger charge is 2.42. The molecule has 6 heteroatoms. The van der Waals surface area contributed by atoms with Gasteiger partial charge in [0.2, 0.25) is 0 Å². The molecule has 0 saturated heterocycles. The summed E-state index contributed by atoms with van der Waals surface area (Å²) in [4.78, 5) is 30.8. The van der Waals surface area contributed by atoms with Crippen LogP contribution in [0.5, 0.6) is 11.5 Å². The second kappa shape index (κ2) is 10.3.